The van der Waals surface area contributed by atoms with Gasteiger partial charge in [-0.1, -0.05) is 28.9 Å². The minimum Gasteiger partial charge on any atom is -0.497 e. The lowest BCUT2D eigenvalue weighted by molar-refractivity contribution is -0.148. The highest BCUT2D eigenvalue weighted by Crippen LogP contribution is 2.36. The van der Waals surface area contributed by atoms with Crippen LogP contribution in [0.5, 0.6) is 5.75 Å². The lowest BCUT2D eigenvalue weighted by Gasteiger charge is -2.18. The summed E-state index contributed by atoms with van der Waals surface area (Å²) < 4.78 is 10.4. The number of carbonyl (C=O) groups excluding carboxylic acids is 1. The fourth-order valence-corrected chi connectivity index (χ4v) is 2.87. The molecule has 3 rings (SSSR count). The monoisotopic (exact) mass is 359 g/mol. The van der Waals surface area contributed by atoms with Crippen molar-refractivity contribution < 1.29 is 19.1 Å². The summed E-state index contributed by atoms with van der Waals surface area (Å²) in [5.41, 5.74) is 2.14. The van der Waals surface area contributed by atoms with Crippen LogP contribution >= 0.6 is 11.6 Å². The Bertz CT molecular complexity index is 771. The molecule has 6 heteroatoms. The molecule has 0 saturated carbocycles. The second kappa shape index (κ2) is 7.57. The minimum absolute atomic E-state index is 0.290. The third-order valence-corrected chi connectivity index (χ3v) is 4.24. The molecule has 0 saturated heterocycles. The molecule has 0 amide bonds. The maximum absolute atomic E-state index is 12.6. The summed E-state index contributed by atoms with van der Waals surface area (Å²) in [6.07, 6.45) is -0.548. The van der Waals surface area contributed by atoms with E-state index in [1.54, 1.807) is 26.2 Å². The SMILES string of the molecule is CCOC(=O)C1C(c2ccc(OC)cc2)=NOC1c1ccc(Cl)cc1. The molecule has 0 aliphatic carbocycles. The van der Waals surface area contributed by atoms with Gasteiger partial charge in [0, 0.05) is 10.6 Å². The first-order chi connectivity index (χ1) is 12.1. The van der Waals surface area contributed by atoms with Crippen LogP contribution in [0, 0.1) is 5.92 Å². The Labute approximate surface area is 151 Å². The normalized spacial score (nSPS) is 19.1. The smallest absolute Gasteiger partial charge is 0.319 e. The first-order valence-corrected chi connectivity index (χ1v) is 8.32. The van der Waals surface area contributed by atoms with E-state index in [4.69, 9.17) is 25.9 Å². The molecule has 2 aromatic carbocycles. The number of hydrogen-bond donors (Lipinski definition) is 0. The average Bonchev–Trinajstić information content (AvgIpc) is 3.08. The lowest BCUT2D eigenvalue weighted by atomic mass is 9.88. The molecular formula is C19H18ClNO4. The number of benzene rings is 2. The van der Waals surface area contributed by atoms with Crippen LogP contribution < -0.4 is 4.74 Å². The maximum atomic E-state index is 12.6. The summed E-state index contributed by atoms with van der Waals surface area (Å²) in [6.45, 7) is 2.06. The second-order valence-electron chi connectivity index (χ2n) is 5.51. The van der Waals surface area contributed by atoms with E-state index in [2.05, 4.69) is 5.16 Å². The first kappa shape index (κ1) is 17.3. The fraction of sp³-hybridized carbons (Fsp3) is 0.263. The molecule has 0 bridgehead atoms. The highest BCUT2D eigenvalue weighted by Gasteiger charge is 2.42. The molecule has 0 aromatic heterocycles. The Hall–Kier alpha value is -2.53. The van der Waals surface area contributed by atoms with Crippen LogP contribution in [0.1, 0.15) is 24.2 Å². The summed E-state index contributed by atoms with van der Waals surface area (Å²) in [5, 5.41) is 4.78. The molecular weight excluding hydrogens is 342 g/mol. The first-order valence-electron chi connectivity index (χ1n) is 7.94. The number of methoxy groups -OCH3 is 1. The predicted molar refractivity (Wildman–Crippen MR) is 94.9 cm³/mol. The zero-order valence-electron chi connectivity index (χ0n) is 13.9. The summed E-state index contributed by atoms with van der Waals surface area (Å²) >= 11 is 5.95. The summed E-state index contributed by atoms with van der Waals surface area (Å²) in [4.78, 5) is 18.2. The van der Waals surface area contributed by atoms with Gasteiger partial charge in [-0.3, -0.25) is 4.79 Å². The molecule has 0 radical (unpaired) electrons. The zero-order valence-corrected chi connectivity index (χ0v) is 14.7. The zero-order chi connectivity index (χ0) is 17.8. The number of esters is 1. The van der Waals surface area contributed by atoms with Gasteiger partial charge in [0.25, 0.3) is 0 Å². The molecule has 1 heterocycles. The molecule has 1 aliphatic heterocycles. The van der Waals surface area contributed by atoms with E-state index in [0.29, 0.717) is 17.3 Å². The van der Waals surface area contributed by atoms with E-state index in [9.17, 15) is 4.79 Å². The van der Waals surface area contributed by atoms with E-state index in [-0.39, 0.29) is 5.97 Å². The molecule has 2 aromatic rings. The average molecular weight is 360 g/mol. The number of hydrogen-bond acceptors (Lipinski definition) is 5. The van der Waals surface area contributed by atoms with Crippen molar-refractivity contribution >= 4 is 23.3 Å². The van der Waals surface area contributed by atoms with Crippen molar-refractivity contribution in [1.29, 1.82) is 0 Å². The van der Waals surface area contributed by atoms with Crippen LogP contribution in [-0.2, 0) is 14.4 Å². The van der Waals surface area contributed by atoms with Crippen molar-refractivity contribution in [1.82, 2.24) is 0 Å². The van der Waals surface area contributed by atoms with E-state index >= 15 is 0 Å². The van der Waals surface area contributed by atoms with Gasteiger partial charge in [0.05, 0.1) is 13.7 Å². The highest BCUT2D eigenvalue weighted by atomic mass is 35.5. The van der Waals surface area contributed by atoms with E-state index < -0.39 is 12.0 Å². The van der Waals surface area contributed by atoms with E-state index in [1.165, 1.54) is 0 Å². The third-order valence-electron chi connectivity index (χ3n) is 3.99. The Kier molecular flexibility index (Phi) is 5.24. The van der Waals surface area contributed by atoms with Gasteiger partial charge in [-0.15, -0.1) is 0 Å². The van der Waals surface area contributed by atoms with Crippen molar-refractivity contribution in [3.8, 4) is 5.75 Å². The second-order valence-corrected chi connectivity index (χ2v) is 5.95. The van der Waals surface area contributed by atoms with Crippen molar-refractivity contribution in [3.63, 3.8) is 0 Å². The minimum atomic E-state index is -0.644. The van der Waals surface area contributed by atoms with Gasteiger partial charge in [0.15, 0.2) is 6.10 Å². The summed E-state index contributed by atoms with van der Waals surface area (Å²) in [5.74, 6) is -0.283. The van der Waals surface area contributed by atoms with Crippen LogP contribution in [0.15, 0.2) is 53.7 Å². The van der Waals surface area contributed by atoms with Crippen LogP contribution in [0.2, 0.25) is 5.02 Å². The Morgan fingerprint density at radius 1 is 1.16 bits per heavy atom. The Morgan fingerprint density at radius 2 is 1.84 bits per heavy atom. The maximum Gasteiger partial charge on any atom is 0.319 e. The van der Waals surface area contributed by atoms with E-state index in [1.807, 2.05) is 36.4 Å². The van der Waals surface area contributed by atoms with Gasteiger partial charge in [-0.2, -0.15) is 0 Å². The van der Waals surface area contributed by atoms with E-state index in [0.717, 1.165) is 16.9 Å². The number of halogens is 1. The third kappa shape index (κ3) is 3.61. The Morgan fingerprint density at radius 3 is 2.44 bits per heavy atom. The van der Waals surface area contributed by atoms with Gasteiger partial charge < -0.3 is 14.3 Å². The lowest BCUT2D eigenvalue weighted by Crippen LogP contribution is -2.29. The molecule has 1 aliphatic rings. The molecule has 25 heavy (non-hydrogen) atoms. The van der Waals surface area contributed by atoms with Crippen LogP contribution in [-0.4, -0.2) is 25.4 Å². The summed E-state index contributed by atoms with van der Waals surface area (Å²) in [6, 6.07) is 14.5. The van der Waals surface area contributed by atoms with Gasteiger partial charge >= 0.3 is 5.97 Å². The number of carbonyl (C=O) groups is 1. The van der Waals surface area contributed by atoms with Crippen molar-refractivity contribution in [2.45, 2.75) is 13.0 Å². The number of rotatable bonds is 5. The van der Waals surface area contributed by atoms with Crippen molar-refractivity contribution in [2.75, 3.05) is 13.7 Å². The number of nitrogens with zero attached hydrogens (tertiary/aromatic N) is 1. The standard InChI is InChI=1S/C19H18ClNO4/c1-3-24-19(22)16-17(12-6-10-15(23-2)11-7-12)21-25-18(16)13-4-8-14(20)9-5-13/h4-11,16,18H,3H2,1-2H3. The topological polar surface area (TPSA) is 57.1 Å². The summed E-state index contributed by atoms with van der Waals surface area (Å²) in [7, 11) is 1.60. The predicted octanol–water partition coefficient (Wildman–Crippen LogP) is 4.00. The van der Waals surface area contributed by atoms with Crippen LogP contribution in [0.3, 0.4) is 0 Å². The molecule has 2 atom stereocenters. The molecule has 130 valence electrons. The van der Waals surface area contributed by atoms with Crippen LogP contribution in [0.25, 0.3) is 0 Å². The molecule has 2 unspecified atom stereocenters. The highest BCUT2D eigenvalue weighted by molar-refractivity contribution is 6.30. The molecule has 0 spiro atoms. The van der Waals surface area contributed by atoms with Crippen molar-refractivity contribution in [2.24, 2.45) is 11.1 Å². The van der Waals surface area contributed by atoms with Gasteiger partial charge in [-0.25, -0.2) is 0 Å². The van der Waals surface area contributed by atoms with Crippen LogP contribution in [0.4, 0.5) is 0 Å². The quantitative estimate of drug-likeness (QED) is 0.757. The number of oxime groups is 1. The van der Waals surface area contributed by atoms with Crippen molar-refractivity contribution in [3.05, 3.63) is 64.7 Å². The van der Waals surface area contributed by atoms with Gasteiger partial charge in [0.1, 0.15) is 17.4 Å². The largest absolute Gasteiger partial charge is 0.497 e. The molecule has 5 nitrogen and oxygen atoms in total. The Balaban J connectivity index is 1.94. The van der Waals surface area contributed by atoms with Gasteiger partial charge in [0.2, 0.25) is 0 Å². The fourth-order valence-electron chi connectivity index (χ4n) is 2.74. The molecule has 0 N–H and O–H groups in total. The molecule has 0 fully saturated rings. The van der Waals surface area contributed by atoms with Gasteiger partial charge in [-0.05, 0) is 48.9 Å². The number of ether oxygens (including phenoxy) is 2.